The van der Waals surface area contributed by atoms with Crippen molar-refractivity contribution in [2.75, 3.05) is 0 Å². The number of Topliss-reactive ketones (excluding diaryl/α,β-unsaturated/α-hetero) is 1. The minimum absolute atomic E-state index is 0.190. The third-order valence-electron chi connectivity index (χ3n) is 1.17. The molecule has 0 saturated carbocycles. The smallest absolute Gasteiger partial charge is 0.427 e. The van der Waals surface area contributed by atoms with Gasteiger partial charge in [-0.2, -0.15) is 5.10 Å². The van der Waals surface area contributed by atoms with Gasteiger partial charge in [0.1, 0.15) is 5.71 Å². The highest BCUT2D eigenvalue weighted by molar-refractivity contribution is 6.38. The van der Waals surface area contributed by atoms with Crippen molar-refractivity contribution in [3.05, 3.63) is 0 Å². The van der Waals surface area contributed by atoms with Gasteiger partial charge in [0.15, 0.2) is 5.78 Å². The number of amides is 1. The number of nitrogens with zero attached hydrogens (tertiary/aromatic N) is 1. The number of hydrogen-bond donors (Lipinski definition) is 1. The number of carbonyl (C=O) groups excluding carboxylic acids is 2. The lowest BCUT2D eigenvalue weighted by Crippen LogP contribution is -2.24. The standard InChI is InChI=1S/C8H14N2O3/c1-5(2)13-8(12)10-9-6(3)7(4)11/h5H,1-4H3,(H,10,12). The van der Waals surface area contributed by atoms with E-state index in [4.69, 9.17) is 4.74 Å². The van der Waals surface area contributed by atoms with Crippen molar-refractivity contribution in [2.45, 2.75) is 33.8 Å². The Kier molecular flexibility index (Phi) is 4.72. The molecule has 0 rings (SSSR count). The fraction of sp³-hybridized carbons (Fsp3) is 0.625. The quantitative estimate of drug-likeness (QED) is 0.529. The van der Waals surface area contributed by atoms with E-state index in [1.165, 1.54) is 13.8 Å². The van der Waals surface area contributed by atoms with E-state index in [0.717, 1.165) is 0 Å². The van der Waals surface area contributed by atoms with E-state index < -0.39 is 6.09 Å². The monoisotopic (exact) mass is 186 g/mol. The Morgan fingerprint density at radius 3 is 2.23 bits per heavy atom. The van der Waals surface area contributed by atoms with Gasteiger partial charge in [0.05, 0.1) is 6.10 Å². The molecule has 0 spiro atoms. The Hall–Kier alpha value is -1.39. The fourth-order valence-corrected chi connectivity index (χ4v) is 0.449. The van der Waals surface area contributed by atoms with Crippen LogP contribution >= 0.6 is 0 Å². The summed E-state index contributed by atoms with van der Waals surface area (Å²) in [4.78, 5) is 21.5. The zero-order chi connectivity index (χ0) is 10.4. The van der Waals surface area contributed by atoms with Gasteiger partial charge in [0.25, 0.3) is 0 Å². The van der Waals surface area contributed by atoms with Gasteiger partial charge in [-0.25, -0.2) is 10.2 Å². The Bertz CT molecular complexity index is 234. The minimum Gasteiger partial charge on any atom is -0.446 e. The third-order valence-corrected chi connectivity index (χ3v) is 1.17. The molecule has 0 unspecified atom stereocenters. The van der Waals surface area contributed by atoms with Crippen LogP contribution in [0, 0.1) is 0 Å². The maximum Gasteiger partial charge on any atom is 0.427 e. The van der Waals surface area contributed by atoms with Crippen molar-refractivity contribution in [3.8, 4) is 0 Å². The summed E-state index contributed by atoms with van der Waals surface area (Å²) in [6, 6.07) is 0. The lowest BCUT2D eigenvalue weighted by molar-refractivity contribution is -0.111. The van der Waals surface area contributed by atoms with Crippen molar-refractivity contribution in [1.29, 1.82) is 0 Å². The summed E-state index contributed by atoms with van der Waals surface area (Å²) in [5, 5.41) is 3.52. The molecule has 0 heterocycles. The molecule has 13 heavy (non-hydrogen) atoms. The Morgan fingerprint density at radius 1 is 1.31 bits per heavy atom. The molecule has 0 aliphatic heterocycles. The van der Waals surface area contributed by atoms with Gasteiger partial charge in [-0.15, -0.1) is 0 Å². The molecule has 1 amide bonds. The van der Waals surface area contributed by atoms with Crippen molar-refractivity contribution in [3.63, 3.8) is 0 Å². The molecule has 5 nitrogen and oxygen atoms in total. The Balaban J connectivity index is 3.95. The molecule has 0 atom stereocenters. The lowest BCUT2D eigenvalue weighted by atomic mass is 10.3. The number of ether oxygens (including phenoxy) is 1. The third kappa shape index (κ3) is 5.84. The number of rotatable bonds is 3. The van der Waals surface area contributed by atoms with E-state index in [0.29, 0.717) is 0 Å². The van der Waals surface area contributed by atoms with E-state index >= 15 is 0 Å². The second kappa shape index (κ2) is 5.29. The Morgan fingerprint density at radius 2 is 1.85 bits per heavy atom. The number of hydrogen-bond acceptors (Lipinski definition) is 4. The molecule has 5 heteroatoms. The molecule has 0 fully saturated rings. The second-order valence-corrected chi connectivity index (χ2v) is 2.82. The van der Waals surface area contributed by atoms with Gasteiger partial charge in [-0.05, 0) is 20.8 Å². The molecule has 0 radical (unpaired) electrons. The van der Waals surface area contributed by atoms with Gasteiger partial charge >= 0.3 is 6.09 Å². The van der Waals surface area contributed by atoms with Crippen molar-refractivity contribution < 1.29 is 14.3 Å². The number of nitrogens with one attached hydrogen (secondary N) is 1. The molecule has 0 bridgehead atoms. The summed E-state index contributed by atoms with van der Waals surface area (Å²) >= 11 is 0. The van der Waals surface area contributed by atoms with Gasteiger partial charge in [-0.1, -0.05) is 0 Å². The van der Waals surface area contributed by atoms with Crippen LogP contribution in [-0.2, 0) is 9.53 Å². The van der Waals surface area contributed by atoms with Crippen LogP contribution < -0.4 is 5.43 Å². The van der Waals surface area contributed by atoms with Crippen LogP contribution in [0.15, 0.2) is 5.10 Å². The predicted octanol–water partition coefficient (Wildman–Crippen LogP) is 1.09. The number of carbonyl (C=O) groups is 2. The molecule has 0 aromatic heterocycles. The first-order valence-electron chi connectivity index (χ1n) is 3.95. The van der Waals surface area contributed by atoms with E-state index in [2.05, 4.69) is 10.5 Å². The van der Waals surface area contributed by atoms with Crippen molar-refractivity contribution in [1.82, 2.24) is 5.43 Å². The maximum atomic E-state index is 10.8. The van der Waals surface area contributed by atoms with E-state index in [1.807, 2.05) is 0 Å². The zero-order valence-electron chi connectivity index (χ0n) is 8.25. The summed E-state index contributed by atoms with van der Waals surface area (Å²) in [7, 11) is 0. The average Bonchev–Trinajstić information content (AvgIpc) is 1.98. The van der Waals surface area contributed by atoms with Crippen LogP contribution in [0.2, 0.25) is 0 Å². The van der Waals surface area contributed by atoms with E-state index in [9.17, 15) is 9.59 Å². The van der Waals surface area contributed by atoms with Gasteiger partial charge in [0, 0.05) is 6.92 Å². The first-order valence-corrected chi connectivity index (χ1v) is 3.95. The summed E-state index contributed by atoms with van der Waals surface area (Å²) in [5.74, 6) is -0.190. The van der Waals surface area contributed by atoms with Crippen molar-refractivity contribution >= 4 is 17.6 Å². The summed E-state index contributed by atoms with van der Waals surface area (Å²) in [6.45, 7) is 6.33. The normalized spacial score (nSPS) is 11.3. The van der Waals surface area contributed by atoms with Crippen LogP contribution in [0.1, 0.15) is 27.7 Å². The highest BCUT2D eigenvalue weighted by Crippen LogP contribution is 1.88. The molecule has 0 saturated heterocycles. The Labute approximate surface area is 77.1 Å². The van der Waals surface area contributed by atoms with Crippen LogP contribution in [0.4, 0.5) is 4.79 Å². The zero-order valence-corrected chi connectivity index (χ0v) is 8.25. The molecule has 1 N–H and O–H groups in total. The van der Waals surface area contributed by atoms with Crippen molar-refractivity contribution in [2.24, 2.45) is 5.10 Å². The highest BCUT2D eigenvalue weighted by Gasteiger charge is 2.04. The van der Waals surface area contributed by atoms with Gasteiger partial charge in [0.2, 0.25) is 0 Å². The molecule has 0 aliphatic carbocycles. The maximum absolute atomic E-state index is 10.8. The summed E-state index contributed by atoms with van der Waals surface area (Å²) < 4.78 is 4.71. The summed E-state index contributed by atoms with van der Waals surface area (Å²) in [5.41, 5.74) is 2.34. The largest absolute Gasteiger partial charge is 0.446 e. The molecular formula is C8H14N2O3. The molecular weight excluding hydrogens is 172 g/mol. The molecule has 74 valence electrons. The summed E-state index contributed by atoms with van der Waals surface area (Å²) in [6.07, 6.45) is -0.858. The SMILES string of the molecule is CC(=O)C(C)=NNC(=O)OC(C)C. The minimum atomic E-state index is -0.657. The van der Waals surface area contributed by atoms with Crippen LogP contribution in [0.25, 0.3) is 0 Å². The molecule has 0 aromatic carbocycles. The number of hydrazone groups is 1. The fourth-order valence-electron chi connectivity index (χ4n) is 0.449. The predicted molar refractivity (Wildman–Crippen MR) is 48.5 cm³/mol. The second-order valence-electron chi connectivity index (χ2n) is 2.82. The van der Waals surface area contributed by atoms with Crippen LogP contribution in [0.3, 0.4) is 0 Å². The molecule has 0 aliphatic rings. The van der Waals surface area contributed by atoms with E-state index in [1.54, 1.807) is 13.8 Å². The van der Waals surface area contributed by atoms with Gasteiger partial charge in [-0.3, -0.25) is 4.79 Å². The van der Waals surface area contributed by atoms with E-state index in [-0.39, 0.29) is 17.6 Å². The number of ketones is 1. The van der Waals surface area contributed by atoms with Gasteiger partial charge < -0.3 is 4.74 Å². The van der Waals surface area contributed by atoms with Crippen LogP contribution in [0.5, 0.6) is 0 Å². The average molecular weight is 186 g/mol. The molecule has 0 aromatic rings. The highest BCUT2D eigenvalue weighted by atomic mass is 16.6. The lowest BCUT2D eigenvalue weighted by Gasteiger charge is -2.06. The topological polar surface area (TPSA) is 67.8 Å². The first-order chi connectivity index (χ1) is 5.93. The first kappa shape index (κ1) is 11.6. The van der Waals surface area contributed by atoms with Crippen LogP contribution in [-0.4, -0.2) is 23.7 Å².